The average molecular weight is 299 g/mol. The number of nitrogen functional groups attached to an aromatic ring is 1. The third kappa shape index (κ3) is 2.83. The second-order valence-corrected chi connectivity index (χ2v) is 5.83. The summed E-state index contributed by atoms with van der Waals surface area (Å²) in [6, 6.07) is 11.9. The van der Waals surface area contributed by atoms with Gasteiger partial charge in [-0.05, 0) is 30.2 Å². The van der Waals surface area contributed by atoms with Gasteiger partial charge in [-0.2, -0.15) is 0 Å². The molecule has 0 aliphatic rings. The van der Waals surface area contributed by atoms with Gasteiger partial charge in [0.05, 0.1) is 18.1 Å². The van der Waals surface area contributed by atoms with E-state index < -0.39 is 0 Å². The van der Waals surface area contributed by atoms with Crippen LogP contribution in [0.4, 0.5) is 5.69 Å². The largest absolute Gasteiger partial charge is 0.497 e. The van der Waals surface area contributed by atoms with E-state index in [2.05, 4.69) is 16.0 Å². The van der Waals surface area contributed by atoms with Crippen molar-refractivity contribution < 1.29 is 4.74 Å². The highest BCUT2D eigenvalue weighted by atomic mass is 32.2. The van der Waals surface area contributed by atoms with Gasteiger partial charge < -0.3 is 15.5 Å². The number of anilines is 1. The third-order valence-electron chi connectivity index (χ3n) is 3.45. The number of methoxy groups -OCH3 is 1. The number of nitrogens with zero attached hydrogens (tertiary/aromatic N) is 1. The van der Waals surface area contributed by atoms with Crippen LogP contribution in [0.15, 0.2) is 41.6 Å². The highest BCUT2D eigenvalue weighted by Gasteiger charge is 2.07. The Balaban J connectivity index is 1.80. The Labute approximate surface area is 127 Å². The lowest BCUT2D eigenvalue weighted by molar-refractivity contribution is 0.415. The molecule has 0 saturated heterocycles. The summed E-state index contributed by atoms with van der Waals surface area (Å²) >= 11 is 1.65. The number of thioether (sulfide) groups is 1. The summed E-state index contributed by atoms with van der Waals surface area (Å²) in [6.45, 7) is 2.02. The number of benzene rings is 2. The molecule has 0 fully saturated rings. The fraction of sp³-hybridized carbons (Fsp3) is 0.188. The molecule has 21 heavy (non-hydrogen) atoms. The first-order valence-corrected chi connectivity index (χ1v) is 7.66. The van der Waals surface area contributed by atoms with Crippen molar-refractivity contribution in [1.29, 1.82) is 0 Å². The third-order valence-corrected chi connectivity index (χ3v) is 4.37. The second-order valence-electron chi connectivity index (χ2n) is 4.86. The predicted molar refractivity (Wildman–Crippen MR) is 87.8 cm³/mol. The van der Waals surface area contributed by atoms with Gasteiger partial charge in [-0.1, -0.05) is 30.0 Å². The Morgan fingerprint density at radius 1 is 1.29 bits per heavy atom. The summed E-state index contributed by atoms with van der Waals surface area (Å²) in [5.74, 6) is 1.62. The SMILES string of the molecule is COc1ccc2nc(SCc3cccc(C)c3N)[nH]c2c1. The summed E-state index contributed by atoms with van der Waals surface area (Å²) in [4.78, 5) is 7.87. The summed E-state index contributed by atoms with van der Waals surface area (Å²) in [7, 11) is 1.66. The van der Waals surface area contributed by atoms with Crippen molar-refractivity contribution in [1.82, 2.24) is 9.97 Å². The van der Waals surface area contributed by atoms with Crippen LogP contribution >= 0.6 is 11.8 Å². The quantitative estimate of drug-likeness (QED) is 0.569. The number of H-pyrrole nitrogens is 1. The van der Waals surface area contributed by atoms with E-state index >= 15 is 0 Å². The monoisotopic (exact) mass is 299 g/mol. The molecule has 3 rings (SSSR count). The number of aromatic amines is 1. The minimum absolute atomic E-state index is 0.796. The van der Waals surface area contributed by atoms with E-state index in [-0.39, 0.29) is 0 Å². The van der Waals surface area contributed by atoms with Crippen LogP contribution in [0.1, 0.15) is 11.1 Å². The van der Waals surface area contributed by atoms with Gasteiger partial charge in [-0.3, -0.25) is 0 Å². The van der Waals surface area contributed by atoms with Crippen molar-refractivity contribution >= 4 is 28.5 Å². The molecule has 1 heterocycles. The van der Waals surface area contributed by atoms with Crippen molar-refractivity contribution in [2.75, 3.05) is 12.8 Å². The van der Waals surface area contributed by atoms with Crippen LogP contribution < -0.4 is 10.5 Å². The molecule has 0 bridgehead atoms. The molecule has 0 spiro atoms. The van der Waals surface area contributed by atoms with Gasteiger partial charge in [0.1, 0.15) is 5.75 Å². The number of para-hydroxylation sites is 1. The molecule has 0 saturated carbocycles. The minimum atomic E-state index is 0.796. The molecule has 1 aromatic heterocycles. The topological polar surface area (TPSA) is 63.9 Å². The number of fused-ring (bicyclic) bond motifs is 1. The van der Waals surface area contributed by atoms with Crippen LogP contribution in [0.3, 0.4) is 0 Å². The first-order chi connectivity index (χ1) is 10.2. The number of rotatable bonds is 4. The number of nitrogens with two attached hydrogens (primary N) is 1. The zero-order valence-electron chi connectivity index (χ0n) is 12.0. The van der Waals surface area contributed by atoms with Crippen molar-refractivity contribution in [3.63, 3.8) is 0 Å². The summed E-state index contributed by atoms with van der Waals surface area (Å²) in [5, 5.41) is 0.888. The summed E-state index contributed by atoms with van der Waals surface area (Å²) in [6.07, 6.45) is 0. The van der Waals surface area contributed by atoms with Gasteiger partial charge >= 0.3 is 0 Å². The van der Waals surface area contributed by atoms with E-state index in [4.69, 9.17) is 10.5 Å². The molecule has 4 nitrogen and oxygen atoms in total. The smallest absolute Gasteiger partial charge is 0.166 e. The molecule has 0 aliphatic heterocycles. The van der Waals surface area contributed by atoms with Crippen molar-refractivity contribution in [3.05, 3.63) is 47.5 Å². The summed E-state index contributed by atoms with van der Waals surface area (Å²) < 4.78 is 5.22. The maximum Gasteiger partial charge on any atom is 0.166 e. The fourth-order valence-electron chi connectivity index (χ4n) is 2.17. The Morgan fingerprint density at radius 2 is 2.14 bits per heavy atom. The molecule has 0 amide bonds. The van der Waals surface area contributed by atoms with Crippen LogP contribution in [-0.4, -0.2) is 17.1 Å². The molecule has 108 valence electrons. The second kappa shape index (κ2) is 5.69. The molecule has 0 unspecified atom stereocenters. The van der Waals surface area contributed by atoms with Crippen LogP contribution in [0.25, 0.3) is 11.0 Å². The number of nitrogens with one attached hydrogen (secondary N) is 1. The number of hydrogen-bond donors (Lipinski definition) is 2. The molecule has 2 aromatic carbocycles. The lowest BCUT2D eigenvalue weighted by Gasteiger charge is -2.06. The first kappa shape index (κ1) is 13.8. The van der Waals surface area contributed by atoms with Gasteiger partial charge in [0, 0.05) is 17.5 Å². The fourth-order valence-corrected chi connectivity index (χ4v) is 3.06. The van der Waals surface area contributed by atoms with Crippen molar-refractivity contribution in [2.24, 2.45) is 0 Å². The highest BCUT2D eigenvalue weighted by Crippen LogP contribution is 2.28. The molecule has 0 radical (unpaired) electrons. The Bertz CT molecular complexity index is 782. The Kier molecular flexibility index (Phi) is 3.75. The zero-order chi connectivity index (χ0) is 14.8. The lowest BCUT2D eigenvalue weighted by Crippen LogP contribution is -1.95. The van der Waals surface area contributed by atoms with Gasteiger partial charge in [-0.25, -0.2) is 4.98 Å². The van der Waals surface area contributed by atoms with Crippen molar-refractivity contribution in [3.8, 4) is 5.75 Å². The van der Waals surface area contributed by atoms with Gasteiger partial charge in [-0.15, -0.1) is 0 Å². The Morgan fingerprint density at radius 3 is 2.95 bits per heavy atom. The average Bonchev–Trinajstić information content (AvgIpc) is 2.90. The number of aromatic nitrogens is 2. The molecule has 5 heteroatoms. The van der Waals surface area contributed by atoms with Crippen molar-refractivity contribution in [2.45, 2.75) is 17.8 Å². The van der Waals surface area contributed by atoms with E-state index in [0.29, 0.717) is 0 Å². The lowest BCUT2D eigenvalue weighted by atomic mass is 10.1. The van der Waals surface area contributed by atoms with E-state index in [1.165, 1.54) is 0 Å². The van der Waals surface area contributed by atoms with Crippen LogP contribution in [0, 0.1) is 6.92 Å². The maximum atomic E-state index is 6.10. The normalized spacial score (nSPS) is 11.0. The molecule has 3 aromatic rings. The van der Waals surface area contributed by atoms with Crippen LogP contribution in [0.5, 0.6) is 5.75 Å². The minimum Gasteiger partial charge on any atom is -0.497 e. The maximum absolute atomic E-state index is 6.10. The van der Waals surface area contributed by atoms with Crippen LogP contribution in [0.2, 0.25) is 0 Å². The zero-order valence-corrected chi connectivity index (χ0v) is 12.8. The highest BCUT2D eigenvalue weighted by molar-refractivity contribution is 7.98. The van der Waals surface area contributed by atoms with E-state index in [1.807, 2.05) is 37.3 Å². The molecule has 0 aliphatic carbocycles. The number of ether oxygens (including phenoxy) is 1. The van der Waals surface area contributed by atoms with Gasteiger partial charge in [0.25, 0.3) is 0 Å². The van der Waals surface area contributed by atoms with E-state index in [9.17, 15) is 0 Å². The first-order valence-electron chi connectivity index (χ1n) is 6.68. The Hall–Kier alpha value is -2.14. The number of aryl methyl sites for hydroxylation is 1. The number of hydrogen-bond acceptors (Lipinski definition) is 4. The molecule has 0 atom stereocenters. The summed E-state index contributed by atoms with van der Waals surface area (Å²) in [5.41, 5.74) is 11.1. The van der Waals surface area contributed by atoms with Gasteiger partial charge in [0.2, 0.25) is 0 Å². The van der Waals surface area contributed by atoms with Crippen LogP contribution in [-0.2, 0) is 5.75 Å². The molecular weight excluding hydrogens is 282 g/mol. The van der Waals surface area contributed by atoms with E-state index in [1.54, 1.807) is 18.9 Å². The molecule has 3 N–H and O–H groups in total. The van der Waals surface area contributed by atoms with Gasteiger partial charge in [0.15, 0.2) is 5.16 Å². The standard InChI is InChI=1S/C16H17N3OS/c1-10-4-3-5-11(15(10)17)9-21-16-18-13-7-6-12(20-2)8-14(13)19-16/h3-8H,9,17H2,1-2H3,(H,18,19). The van der Waals surface area contributed by atoms with E-state index in [0.717, 1.165) is 44.5 Å². The molecular formula is C16H17N3OS. The predicted octanol–water partition coefficient (Wildman–Crippen LogP) is 3.75. The number of imidazole rings is 1.